The Hall–Kier alpha value is -2.75. The molecule has 180 valence electrons. The zero-order chi connectivity index (χ0) is 23.9. The zero-order valence-electron chi connectivity index (χ0n) is 20.3. The van der Waals surface area contributed by atoms with E-state index in [-0.39, 0.29) is 17.5 Å². The molecule has 0 atom stereocenters. The molecular weight excluding hydrogens is 412 g/mol. The van der Waals surface area contributed by atoms with Crippen LogP contribution in [-0.4, -0.2) is 22.8 Å². The molecule has 0 amide bonds. The van der Waals surface area contributed by atoms with Crippen LogP contribution in [0.3, 0.4) is 0 Å². The summed E-state index contributed by atoms with van der Waals surface area (Å²) in [7, 11) is 0. The average Bonchev–Trinajstić information content (AvgIpc) is 2.82. The number of carbonyl (C=O) groups excluding carboxylic acids is 1. The molecule has 4 heteroatoms. The number of phenolic OH excluding ortho intramolecular Hbond substituents is 2. The summed E-state index contributed by atoms with van der Waals surface area (Å²) in [5.41, 5.74) is 1.55. The maximum Gasteiger partial charge on any atom is 0.305 e. The first-order chi connectivity index (χ1) is 16.0. The van der Waals surface area contributed by atoms with Gasteiger partial charge in [-0.05, 0) is 61.1 Å². The van der Waals surface area contributed by atoms with Gasteiger partial charge in [-0.15, -0.1) is 0 Å². The standard InChI is InChI=1S/C29H40O4/c1-3-4-5-6-7-8-9-10-11-12-23-33-28(32)21-22-29(2,24-13-17-26(30)18-14-24)25-15-19-27(31)20-16-25/h10-11,13-20,30-31H,3-9,12,21-23H2,1-2H3/b11-10+. The van der Waals surface area contributed by atoms with Crippen LogP contribution in [-0.2, 0) is 14.9 Å². The molecule has 2 aromatic rings. The number of ether oxygens (including phenoxy) is 1. The molecular formula is C29H40O4. The molecule has 0 aliphatic carbocycles. The second-order valence-corrected chi connectivity index (χ2v) is 8.96. The fourth-order valence-corrected chi connectivity index (χ4v) is 4.06. The minimum atomic E-state index is -0.447. The Morgan fingerprint density at radius 1 is 0.818 bits per heavy atom. The van der Waals surface area contributed by atoms with Gasteiger partial charge in [-0.1, -0.05) is 82.4 Å². The summed E-state index contributed by atoms with van der Waals surface area (Å²) in [6, 6.07) is 14.1. The lowest BCUT2D eigenvalue weighted by Gasteiger charge is -2.31. The largest absolute Gasteiger partial charge is 0.508 e. The number of benzene rings is 2. The van der Waals surface area contributed by atoms with Crippen molar-refractivity contribution in [2.45, 2.75) is 83.5 Å². The third kappa shape index (κ3) is 9.33. The summed E-state index contributed by atoms with van der Waals surface area (Å²) in [4.78, 5) is 12.4. The lowest BCUT2D eigenvalue weighted by Crippen LogP contribution is -2.25. The van der Waals surface area contributed by atoms with Crippen molar-refractivity contribution in [1.82, 2.24) is 0 Å². The molecule has 0 saturated heterocycles. The summed E-state index contributed by atoms with van der Waals surface area (Å²) in [6.07, 6.45) is 14.8. The predicted molar refractivity (Wildman–Crippen MR) is 135 cm³/mol. The first-order valence-electron chi connectivity index (χ1n) is 12.4. The maximum absolute atomic E-state index is 12.4. The Morgan fingerprint density at radius 2 is 1.33 bits per heavy atom. The van der Waals surface area contributed by atoms with E-state index in [9.17, 15) is 15.0 Å². The van der Waals surface area contributed by atoms with Crippen LogP contribution in [0.1, 0.15) is 89.2 Å². The Kier molecular flexibility index (Phi) is 11.6. The first kappa shape index (κ1) is 26.5. The van der Waals surface area contributed by atoms with Crippen molar-refractivity contribution in [3.63, 3.8) is 0 Å². The van der Waals surface area contributed by atoms with Gasteiger partial charge in [0.1, 0.15) is 11.5 Å². The molecule has 33 heavy (non-hydrogen) atoms. The highest BCUT2D eigenvalue weighted by Gasteiger charge is 2.30. The number of esters is 1. The van der Waals surface area contributed by atoms with Crippen molar-refractivity contribution in [2.24, 2.45) is 0 Å². The number of rotatable bonds is 15. The number of carbonyl (C=O) groups is 1. The molecule has 0 fully saturated rings. The smallest absolute Gasteiger partial charge is 0.305 e. The highest BCUT2D eigenvalue weighted by Crippen LogP contribution is 2.37. The van der Waals surface area contributed by atoms with E-state index in [0.29, 0.717) is 19.4 Å². The Labute approximate surface area is 199 Å². The lowest BCUT2D eigenvalue weighted by atomic mass is 9.73. The van der Waals surface area contributed by atoms with E-state index in [1.165, 1.54) is 38.5 Å². The van der Waals surface area contributed by atoms with Crippen molar-refractivity contribution >= 4 is 5.97 Å². The topological polar surface area (TPSA) is 66.8 Å². The van der Waals surface area contributed by atoms with Crippen LogP contribution in [0.5, 0.6) is 11.5 Å². The van der Waals surface area contributed by atoms with Gasteiger partial charge in [-0.2, -0.15) is 0 Å². The number of allylic oxidation sites excluding steroid dienone is 1. The van der Waals surface area contributed by atoms with Gasteiger partial charge in [0.25, 0.3) is 0 Å². The Balaban J connectivity index is 1.79. The summed E-state index contributed by atoms with van der Waals surface area (Å²) in [6.45, 7) is 4.71. The highest BCUT2D eigenvalue weighted by molar-refractivity contribution is 5.69. The molecule has 2 rings (SSSR count). The minimum absolute atomic E-state index is 0.204. The molecule has 0 bridgehead atoms. The van der Waals surface area contributed by atoms with Gasteiger partial charge in [0, 0.05) is 11.8 Å². The fraction of sp³-hybridized carbons (Fsp3) is 0.483. The van der Waals surface area contributed by atoms with E-state index < -0.39 is 5.41 Å². The third-order valence-corrected chi connectivity index (χ3v) is 6.28. The van der Waals surface area contributed by atoms with Crippen LogP contribution in [0.15, 0.2) is 60.7 Å². The van der Waals surface area contributed by atoms with Crippen molar-refractivity contribution in [3.05, 3.63) is 71.8 Å². The van der Waals surface area contributed by atoms with E-state index in [4.69, 9.17) is 4.74 Å². The highest BCUT2D eigenvalue weighted by atomic mass is 16.5. The maximum atomic E-state index is 12.4. The van der Waals surface area contributed by atoms with E-state index >= 15 is 0 Å². The van der Waals surface area contributed by atoms with Crippen LogP contribution in [0.2, 0.25) is 0 Å². The summed E-state index contributed by atoms with van der Waals surface area (Å²) < 4.78 is 5.45. The lowest BCUT2D eigenvalue weighted by molar-refractivity contribution is -0.143. The van der Waals surface area contributed by atoms with Gasteiger partial charge < -0.3 is 14.9 Å². The average molecular weight is 453 g/mol. The first-order valence-corrected chi connectivity index (χ1v) is 12.4. The molecule has 4 nitrogen and oxygen atoms in total. The van der Waals surface area contributed by atoms with Gasteiger partial charge in [-0.3, -0.25) is 4.79 Å². The zero-order valence-corrected chi connectivity index (χ0v) is 20.3. The van der Waals surface area contributed by atoms with Crippen LogP contribution < -0.4 is 0 Å². The van der Waals surface area contributed by atoms with Gasteiger partial charge in [-0.25, -0.2) is 0 Å². The fourth-order valence-electron chi connectivity index (χ4n) is 4.06. The molecule has 0 radical (unpaired) electrons. The summed E-state index contributed by atoms with van der Waals surface area (Å²) in [5.74, 6) is 0.203. The van der Waals surface area contributed by atoms with E-state index in [1.54, 1.807) is 24.3 Å². The predicted octanol–water partition coefficient (Wildman–Crippen LogP) is 7.42. The normalized spacial score (nSPS) is 11.7. The number of hydrogen-bond acceptors (Lipinski definition) is 4. The SMILES string of the molecule is CCCCCCCC/C=C/CCOC(=O)CCC(C)(c1ccc(O)cc1)c1ccc(O)cc1. The van der Waals surface area contributed by atoms with Crippen LogP contribution in [0.4, 0.5) is 0 Å². The van der Waals surface area contributed by atoms with Crippen molar-refractivity contribution in [1.29, 1.82) is 0 Å². The van der Waals surface area contributed by atoms with Crippen molar-refractivity contribution < 1.29 is 19.7 Å². The van der Waals surface area contributed by atoms with Gasteiger partial charge in [0.2, 0.25) is 0 Å². The minimum Gasteiger partial charge on any atom is -0.508 e. The third-order valence-electron chi connectivity index (χ3n) is 6.28. The summed E-state index contributed by atoms with van der Waals surface area (Å²) in [5, 5.41) is 19.3. The Morgan fingerprint density at radius 3 is 1.91 bits per heavy atom. The number of phenols is 2. The molecule has 0 saturated carbocycles. The Bertz CT molecular complexity index is 791. The molecule has 2 N–H and O–H groups in total. The van der Waals surface area contributed by atoms with E-state index in [2.05, 4.69) is 26.0 Å². The van der Waals surface area contributed by atoms with Crippen molar-refractivity contribution in [3.8, 4) is 11.5 Å². The monoisotopic (exact) mass is 452 g/mol. The molecule has 2 aromatic carbocycles. The van der Waals surface area contributed by atoms with Crippen LogP contribution in [0.25, 0.3) is 0 Å². The molecule has 0 aromatic heterocycles. The van der Waals surface area contributed by atoms with Gasteiger partial charge in [0.15, 0.2) is 0 Å². The molecule has 0 aliphatic heterocycles. The van der Waals surface area contributed by atoms with Crippen molar-refractivity contribution in [2.75, 3.05) is 6.61 Å². The van der Waals surface area contributed by atoms with Gasteiger partial charge >= 0.3 is 5.97 Å². The number of aromatic hydroxyl groups is 2. The second-order valence-electron chi connectivity index (χ2n) is 8.96. The molecule has 0 heterocycles. The van der Waals surface area contributed by atoms with Crippen LogP contribution >= 0.6 is 0 Å². The number of unbranched alkanes of at least 4 members (excludes halogenated alkanes) is 6. The molecule has 0 unspecified atom stereocenters. The molecule has 0 aliphatic rings. The quantitative estimate of drug-likeness (QED) is 0.168. The summed E-state index contributed by atoms with van der Waals surface area (Å²) >= 11 is 0. The van der Waals surface area contributed by atoms with Crippen LogP contribution in [0, 0.1) is 0 Å². The van der Waals surface area contributed by atoms with E-state index in [1.807, 2.05) is 24.3 Å². The molecule has 0 spiro atoms. The second kappa shape index (κ2) is 14.4. The van der Waals surface area contributed by atoms with Gasteiger partial charge in [0.05, 0.1) is 6.61 Å². The number of hydrogen-bond donors (Lipinski definition) is 2. The van der Waals surface area contributed by atoms with E-state index in [0.717, 1.165) is 24.0 Å².